The van der Waals surface area contributed by atoms with Crippen molar-refractivity contribution < 1.29 is 4.74 Å². The zero-order valence-corrected chi connectivity index (χ0v) is 14.1. The van der Waals surface area contributed by atoms with E-state index < -0.39 is 0 Å². The molecule has 0 atom stereocenters. The van der Waals surface area contributed by atoms with Gasteiger partial charge in [0.15, 0.2) is 0 Å². The molecule has 0 bridgehead atoms. The summed E-state index contributed by atoms with van der Waals surface area (Å²) in [7, 11) is 1.84. The van der Waals surface area contributed by atoms with Crippen LogP contribution in [0, 0.1) is 6.92 Å². The number of hydrogen-bond donors (Lipinski definition) is 1. The van der Waals surface area contributed by atoms with Crippen LogP contribution in [-0.2, 0) is 11.3 Å². The zero-order valence-electron chi connectivity index (χ0n) is 14.1. The molecule has 1 N–H and O–H groups in total. The Labute approximate surface area is 135 Å². The molecule has 0 saturated carbocycles. The first-order valence-corrected chi connectivity index (χ1v) is 8.81. The Morgan fingerprint density at radius 3 is 2.55 bits per heavy atom. The Kier molecular flexibility index (Phi) is 5.51. The van der Waals surface area contributed by atoms with Crippen molar-refractivity contribution >= 4 is 0 Å². The number of ether oxygens (including phenoxy) is 1. The molecule has 22 heavy (non-hydrogen) atoms. The molecule has 0 amide bonds. The van der Waals surface area contributed by atoms with Gasteiger partial charge in [-0.25, -0.2) is 0 Å². The number of hydrogen-bond acceptors (Lipinski definition) is 3. The summed E-state index contributed by atoms with van der Waals surface area (Å²) >= 11 is 0. The minimum Gasteiger partial charge on any atom is -0.381 e. The van der Waals surface area contributed by atoms with E-state index in [4.69, 9.17) is 4.74 Å². The molecule has 2 heterocycles. The molecule has 0 spiro atoms. The average molecular weight is 302 g/mol. The Morgan fingerprint density at radius 2 is 1.86 bits per heavy atom. The molecule has 3 heteroatoms. The van der Waals surface area contributed by atoms with Crippen LogP contribution in [0.25, 0.3) is 0 Å². The van der Waals surface area contributed by atoms with Crippen molar-refractivity contribution in [1.82, 2.24) is 10.2 Å². The van der Waals surface area contributed by atoms with Crippen molar-refractivity contribution in [3.63, 3.8) is 0 Å². The molecule has 2 aliphatic rings. The molecule has 0 radical (unpaired) electrons. The lowest BCUT2D eigenvalue weighted by Gasteiger charge is -2.33. The molecule has 2 fully saturated rings. The Bertz CT molecular complexity index is 474. The molecule has 1 aromatic rings. The van der Waals surface area contributed by atoms with Gasteiger partial charge in [-0.2, -0.15) is 0 Å². The molecule has 3 nitrogen and oxygen atoms in total. The lowest BCUT2D eigenvalue weighted by Crippen LogP contribution is -2.36. The minimum atomic E-state index is 0.471. The van der Waals surface area contributed by atoms with E-state index in [0.29, 0.717) is 6.10 Å². The Balaban J connectivity index is 1.70. The van der Waals surface area contributed by atoms with E-state index in [9.17, 15) is 0 Å². The lowest BCUT2D eigenvalue weighted by molar-refractivity contribution is 0.0387. The highest BCUT2D eigenvalue weighted by atomic mass is 16.5. The molecule has 0 aliphatic carbocycles. The van der Waals surface area contributed by atoms with Crippen LogP contribution in [0.4, 0.5) is 0 Å². The second-order valence-corrected chi connectivity index (χ2v) is 6.94. The zero-order chi connectivity index (χ0) is 15.4. The van der Waals surface area contributed by atoms with Gasteiger partial charge in [0.05, 0.1) is 6.10 Å². The summed E-state index contributed by atoms with van der Waals surface area (Å²) in [6.07, 6.45) is 5.37. The first-order chi connectivity index (χ1) is 10.8. The fourth-order valence-electron chi connectivity index (χ4n) is 3.92. The molecule has 1 aromatic carbocycles. The number of methoxy groups -OCH3 is 1. The number of piperidine rings is 2. The first kappa shape index (κ1) is 16.0. The van der Waals surface area contributed by atoms with Crippen LogP contribution in [0.1, 0.15) is 48.3 Å². The van der Waals surface area contributed by atoms with Crippen molar-refractivity contribution in [1.29, 1.82) is 0 Å². The average Bonchev–Trinajstić information content (AvgIpc) is 2.58. The number of likely N-dealkylation sites (tertiary alicyclic amines) is 1. The van der Waals surface area contributed by atoms with Crippen LogP contribution in [0.3, 0.4) is 0 Å². The van der Waals surface area contributed by atoms with Gasteiger partial charge in [0, 0.05) is 26.7 Å². The minimum absolute atomic E-state index is 0.471. The van der Waals surface area contributed by atoms with Gasteiger partial charge in [0.2, 0.25) is 0 Å². The Morgan fingerprint density at radius 1 is 1.14 bits per heavy atom. The smallest absolute Gasteiger partial charge is 0.0595 e. The third kappa shape index (κ3) is 3.89. The third-order valence-electron chi connectivity index (χ3n) is 5.34. The monoisotopic (exact) mass is 302 g/mol. The molecule has 122 valence electrons. The molecule has 2 saturated heterocycles. The molecular formula is C19H30N2O. The van der Waals surface area contributed by atoms with E-state index >= 15 is 0 Å². The summed E-state index contributed by atoms with van der Waals surface area (Å²) in [4.78, 5) is 2.60. The van der Waals surface area contributed by atoms with Crippen molar-refractivity contribution in [2.45, 2.75) is 51.2 Å². The number of benzene rings is 1. The molecule has 2 aliphatic heterocycles. The SMILES string of the molecule is COC1CCN(Cc2ccc(C)cc2C2CCNCC2)CC1. The molecular weight excluding hydrogens is 272 g/mol. The van der Waals surface area contributed by atoms with Gasteiger partial charge < -0.3 is 10.1 Å². The maximum Gasteiger partial charge on any atom is 0.0595 e. The summed E-state index contributed by atoms with van der Waals surface area (Å²) in [5.74, 6) is 0.743. The van der Waals surface area contributed by atoms with Crippen LogP contribution in [0.2, 0.25) is 0 Å². The van der Waals surface area contributed by atoms with E-state index in [-0.39, 0.29) is 0 Å². The van der Waals surface area contributed by atoms with Gasteiger partial charge in [0.25, 0.3) is 0 Å². The summed E-state index contributed by atoms with van der Waals surface area (Å²) < 4.78 is 5.49. The van der Waals surface area contributed by atoms with Gasteiger partial charge in [-0.1, -0.05) is 23.8 Å². The van der Waals surface area contributed by atoms with E-state index in [2.05, 4.69) is 35.3 Å². The molecule has 0 aromatic heterocycles. The maximum atomic E-state index is 5.49. The van der Waals surface area contributed by atoms with Gasteiger partial charge in [-0.3, -0.25) is 4.90 Å². The van der Waals surface area contributed by atoms with Crippen molar-refractivity contribution in [3.05, 3.63) is 34.9 Å². The number of aryl methyl sites for hydroxylation is 1. The van der Waals surface area contributed by atoms with E-state index in [1.54, 1.807) is 11.1 Å². The predicted molar refractivity (Wildman–Crippen MR) is 91.3 cm³/mol. The highest BCUT2D eigenvalue weighted by molar-refractivity contribution is 5.34. The quantitative estimate of drug-likeness (QED) is 0.925. The summed E-state index contributed by atoms with van der Waals surface area (Å²) in [6.45, 7) is 7.99. The topological polar surface area (TPSA) is 24.5 Å². The standard InChI is InChI=1S/C19H30N2O/c1-15-3-4-17(14-21-11-7-18(22-2)8-12-21)19(13-15)16-5-9-20-10-6-16/h3-4,13,16,18,20H,5-12,14H2,1-2H3. The number of nitrogens with zero attached hydrogens (tertiary/aromatic N) is 1. The van der Waals surface area contributed by atoms with Gasteiger partial charge in [-0.15, -0.1) is 0 Å². The van der Waals surface area contributed by atoms with Crippen LogP contribution < -0.4 is 5.32 Å². The van der Waals surface area contributed by atoms with Crippen LogP contribution >= 0.6 is 0 Å². The first-order valence-electron chi connectivity index (χ1n) is 8.81. The van der Waals surface area contributed by atoms with E-state index in [1.165, 1.54) is 31.2 Å². The normalized spacial score (nSPS) is 22.1. The summed E-state index contributed by atoms with van der Waals surface area (Å²) in [6, 6.07) is 7.09. The van der Waals surface area contributed by atoms with Crippen LogP contribution in [-0.4, -0.2) is 44.3 Å². The highest BCUT2D eigenvalue weighted by Gasteiger charge is 2.22. The maximum absolute atomic E-state index is 5.49. The second kappa shape index (κ2) is 7.58. The fourth-order valence-corrected chi connectivity index (χ4v) is 3.92. The molecule has 0 unspecified atom stereocenters. The summed E-state index contributed by atoms with van der Waals surface area (Å²) in [5, 5.41) is 3.49. The number of nitrogens with one attached hydrogen (secondary N) is 1. The van der Waals surface area contributed by atoms with Gasteiger partial charge in [0.1, 0.15) is 0 Å². The highest BCUT2D eigenvalue weighted by Crippen LogP contribution is 2.30. The van der Waals surface area contributed by atoms with Crippen molar-refractivity contribution in [2.75, 3.05) is 33.3 Å². The predicted octanol–water partition coefficient (Wildman–Crippen LogP) is 3.07. The van der Waals surface area contributed by atoms with E-state index in [1.807, 2.05) is 7.11 Å². The van der Waals surface area contributed by atoms with Crippen molar-refractivity contribution in [3.8, 4) is 0 Å². The fraction of sp³-hybridized carbons (Fsp3) is 0.684. The lowest BCUT2D eigenvalue weighted by atomic mass is 9.86. The number of rotatable bonds is 4. The van der Waals surface area contributed by atoms with E-state index in [0.717, 1.165) is 38.6 Å². The Hall–Kier alpha value is -0.900. The molecule has 3 rings (SSSR count). The largest absolute Gasteiger partial charge is 0.381 e. The summed E-state index contributed by atoms with van der Waals surface area (Å²) in [5.41, 5.74) is 4.55. The third-order valence-corrected chi connectivity index (χ3v) is 5.34. The van der Waals surface area contributed by atoms with Gasteiger partial charge in [-0.05, 0) is 62.7 Å². The van der Waals surface area contributed by atoms with Crippen molar-refractivity contribution in [2.24, 2.45) is 0 Å². The van der Waals surface area contributed by atoms with Crippen LogP contribution in [0.5, 0.6) is 0 Å². The van der Waals surface area contributed by atoms with Gasteiger partial charge >= 0.3 is 0 Å². The van der Waals surface area contributed by atoms with Crippen LogP contribution in [0.15, 0.2) is 18.2 Å². The second-order valence-electron chi connectivity index (χ2n) is 6.94.